The van der Waals surface area contributed by atoms with Gasteiger partial charge in [-0.1, -0.05) is 42.5 Å². The van der Waals surface area contributed by atoms with Crippen molar-refractivity contribution in [1.29, 1.82) is 0 Å². The van der Waals surface area contributed by atoms with Crippen LogP contribution in [0.4, 0.5) is 0 Å². The smallest absolute Gasteiger partial charge is 0.309 e. The Balaban J connectivity index is 1.87. The van der Waals surface area contributed by atoms with Crippen LogP contribution in [0.15, 0.2) is 54.6 Å². The zero-order valence-electron chi connectivity index (χ0n) is 11.9. The highest BCUT2D eigenvalue weighted by atomic mass is 16.5. The molecule has 0 saturated heterocycles. The molecule has 0 spiro atoms. The molecule has 2 rings (SSSR count). The Labute approximate surface area is 123 Å². The zero-order valence-corrected chi connectivity index (χ0v) is 11.9. The van der Waals surface area contributed by atoms with Gasteiger partial charge in [-0.15, -0.1) is 0 Å². The molecule has 0 amide bonds. The highest BCUT2D eigenvalue weighted by Crippen LogP contribution is 2.21. The summed E-state index contributed by atoms with van der Waals surface area (Å²) < 4.78 is 10.2. The second-order valence-electron chi connectivity index (χ2n) is 4.64. The molecule has 2 aromatic rings. The molecule has 0 aliphatic carbocycles. The lowest BCUT2D eigenvalue weighted by Gasteiger charge is -2.12. The summed E-state index contributed by atoms with van der Waals surface area (Å²) in [5, 5.41) is 10.1. The molecule has 0 radical (unpaired) electrons. The monoisotopic (exact) mass is 286 g/mol. The van der Waals surface area contributed by atoms with Crippen LogP contribution in [0.3, 0.4) is 0 Å². The topological polar surface area (TPSA) is 55.8 Å². The fourth-order valence-corrected chi connectivity index (χ4v) is 1.92. The van der Waals surface area contributed by atoms with Gasteiger partial charge in [0.1, 0.15) is 12.4 Å². The van der Waals surface area contributed by atoms with E-state index in [4.69, 9.17) is 9.47 Å². The third-order valence-electron chi connectivity index (χ3n) is 3.08. The maximum absolute atomic E-state index is 11.7. The third-order valence-corrected chi connectivity index (χ3v) is 3.08. The fraction of sp³-hybridized carbons (Fsp3) is 0.235. The van der Waals surface area contributed by atoms with Gasteiger partial charge in [0.25, 0.3) is 0 Å². The molecule has 1 unspecified atom stereocenters. The molecular formula is C17H18O4. The van der Waals surface area contributed by atoms with Crippen molar-refractivity contribution in [2.45, 2.75) is 19.1 Å². The molecule has 0 bridgehead atoms. The maximum Gasteiger partial charge on any atom is 0.309 e. The average molecular weight is 286 g/mol. The lowest BCUT2D eigenvalue weighted by Crippen LogP contribution is -2.10. The summed E-state index contributed by atoms with van der Waals surface area (Å²) in [7, 11) is 1.56. The molecule has 21 heavy (non-hydrogen) atoms. The van der Waals surface area contributed by atoms with Crippen molar-refractivity contribution < 1.29 is 19.4 Å². The second kappa shape index (κ2) is 7.45. The van der Waals surface area contributed by atoms with Crippen molar-refractivity contribution in [3.05, 3.63) is 65.7 Å². The van der Waals surface area contributed by atoms with Crippen molar-refractivity contribution in [2.24, 2.45) is 0 Å². The number of aliphatic hydroxyl groups is 1. The number of rotatable bonds is 6. The first-order chi connectivity index (χ1) is 10.2. The number of carbonyl (C=O) groups is 1. The molecule has 2 aromatic carbocycles. The summed E-state index contributed by atoms with van der Waals surface area (Å²) in [5.74, 6) is 0.207. The normalized spacial score (nSPS) is 11.7. The van der Waals surface area contributed by atoms with Gasteiger partial charge >= 0.3 is 5.97 Å². The number of benzene rings is 2. The summed E-state index contributed by atoms with van der Waals surface area (Å²) >= 11 is 0. The number of carbonyl (C=O) groups excluding carboxylic acids is 1. The molecule has 110 valence electrons. The Morgan fingerprint density at radius 3 is 2.62 bits per heavy atom. The van der Waals surface area contributed by atoms with Crippen LogP contribution < -0.4 is 4.74 Å². The molecule has 1 N–H and O–H groups in total. The molecule has 0 aromatic heterocycles. The van der Waals surface area contributed by atoms with E-state index < -0.39 is 12.1 Å². The van der Waals surface area contributed by atoms with E-state index in [1.807, 2.05) is 30.3 Å². The molecule has 0 heterocycles. The van der Waals surface area contributed by atoms with E-state index in [1.54, 1.807) is 31.4 Å². The van der Waals surface area contributed by atoms with E-state index in [-0.39, 0.29) is 13.0 Å². The number of hydrogen-bond donors (Lipinski definition) is 1. The molecule has 4 heteroatoms. The summed E-state index contributed by atoms with van der Waals surface area (Å²) in [5.41, 5.74) is 1.55. The molecular weight excluding hydrogens is 268 g/mol. The van der Waals surface area contributed by atoms with E-state index >= 15 is 0 Å². The van der Waals surface area contributed by atoms with Crippen LogP contribution in [0.2, 0.25) is 0 Å². The third kappa shape index (κ3) is 4.61. The largest absolute Gasteiger partial charge is 0.497 e. The van der Waals surface area contributed by atoms with Crippen molar-refractivity contribution in [3.63, 3.8) is 0 Å². The van der Waals surface area contributed by atoms with E-state index in [1.165, 1.54) is 0 Å². The highest BCUT2D eigenvalue weighted by molar-refractivity contribution is 5.70. The van der Waals surface area contributed by atoms with Gasteiger partial charge in [0.2, 0.25) is 0 Å². The van der Waals surface area contributed by atoms with Crippen LogP contribution in [-0.4, -0.2) is 18.2 Å². The van der Waals surface area contributed by atoms with Crippen LogP contribution in [0.25, 0.3) is 0 Å². The van der Waals surface area contributed by atoms with E-state index in [9.17, 15) is 9.90 Å². The van der Waals surface area contributed by atoms with Crippen molar-refractivity contribution in [3.8, 4) is 5.75 Å². The van der Waals surface area contributed by atoms with Crippen molar-refractivity contribution in [2.75, 3.05) is 7.11 Å². The Bertz CT molecular complexity index is 580. The number of aliphatic hydroxyl groups excluding tert-OH is 1. The predicted molar refractivity (Wildman–Crippen MR) is 78.8 cm³/mol. The first-order valence-corrected chi connectivity index (χ1v) is 6.70. The van der Waals surface area contributed by atoms with Crippen LogP contribution in [0, 0.1) is 0 Å². The van der Waals surface area contributed by atoms with Gasteiger partial charge < -0.3 is 14.6 Å². The molecule has 0 aliphatic rings. The van der Waals surface area contributed by atoms with Gasteiger partial charge in [-0.25, -0.2) is 0 Å². The summed E-state index contributed by atoms with van der Waals surface area (Å²) in [6, 6.07) is 16.4. The van der Waals surface area contributed by atoms with Gasteiger partial charge in [0.15, 0.2) is 0 Å². The Morgan fingerprint density at radius 1 is 1.14 bits per heavy atom. The Morgan fingerprint density at radius 2 is 1.90 bits per heavy atom. The molecule has 1 atom stereocenters. The minimum Gasteiger partial charge on any atom is -0.497 e. The Kier molecular flexibility index (Phi) is 5.35. The first-order valence-electron chi connectivity index (χ1n) is 6.70. The maximum atomic E-state index is 11.7. The SMILES string of the molecule is COc1cccc(C(O)CC(=O)OCc2ccccc2)c1. The standard InChI is InChI=1S/C17H18O4/c1-20-15-9-5-8-14(10-15)16(18)11-17(19)21-12-13-6-3-2-4-7-13/h2-10,16,18H,11-12H2,1H3. The predicted octanol–water partition coefficient (Wildman–Crippen LogP) is 2.86. The zero-order chi connectivity index (χ0) is 15.1. The summed E-state index contributed by atoms with van der Waals surface area (Å²) in [4.78, 5) is 11.7. The molecule has 0 aliphatic heterocycles. The van der Waals surface area contributed by atoms with E-state index in [0.717, 1.165) is 5.56 Å². The second-order valence-corrected chi connectivity index (χ2v) is 4.64. The number of methoxy groups -OCH3 is 1. The first kappa shape index (κ1) is 15.1. The summed E-state index contributed by atoms with van der Waals surface area (Å²) in [6.45, 7) is 0.213. The fourth-order valence-electron chi connectivity index (χ4n) is 1.92. The van der Waals surface area contributed by atoms with Crippen LogP contribution >= 0.6 is 0 Å². The molecule has 0 saturated carbocycles. The minimum absolute atomic E-state index is 0.0833. The quantitative estimate of drug-likeness (QED) is 0.830. The van der Waals surface area contributed by atoms with Crippen LogP contribution in [-0.2, 0) is 16.1 Å². The van der Waals surface area contributed by atoms with Gasteiger partial charge in [0.05, 0.1) is 19.6 Å². The number of esters is 1. The summed E-state index contributed by atoms with van der Waals surface area (Å²) in [6.07, 6.45) is -0.983. The van der Waals surface area contributed by atoms with Crippen molar-refractivity contribution in [1.82, 2.24) is 0 Å². The number of ether oxygens (including phenoxy) is 2. The van der Waals surface area contributed by atoms with Gasteiger partial charge in [-0.05, 0) is 23.3 Å². The lowest BCUT2D eigenvalue weighted by atomic mass is 10.1. The molecule has 4 nitrogen and oxygen atoms in total. The van der Waals surface area contributed by atoms with E-state index in [2.05, 4.69) is 0 Å². The van der Waals surface area contributed by atoms with Gasteiger partial charge in [-0.3, -0.25) is 4.79 Å². The van der Waals surface area contributed by atoms with Crippen molar-refractivity contribution >= 4 is 5.97 Å². The average Bonchev–Trinajstić information content (AvgIpc) is 2.54. The highest BCUT2D eigenvalue weighted by Gasteiger charge is 2.14. The number of hydrogen-bond acceptors (Lipinski definition) is 4. The van der Waals surface area contributed by atoms with Gasteiger partial charge in [0, 0.05) is 0 Å². The Hall–Kier alpha value is -2.33. The van der Waals surface area contributed by atoms with Gasteiger partial charge in [-0.2, -0.15) is 0 Å². The lowest BCUT2D eigenvalue weighted by molar-refractivity contribution is -0.147. The van der Waals surface area contributed by atoms with Crippen LogP contribution in [0.5, 0.6) is 5.75 Å². The van der Waals surface area contributed by atoms with E-state index in [0.29, 0.717) is 11.3 Å². The molecule has 0 fully saturated rings. The minimum atomic E-state index is -0.900. The van der Waals surface area contributed by atoms with Crippen LogP contribution in [0.1, 0.15) is 23.7 Å².